The second kappa shape index (κ2) is 7.32. The number of benzene rings is 1. The largest absolute Gasteiger partial charge is 0.338 e. The van der Waals surface area contributed by atoms with Crippen LogP contribution in [0.25, 0.3) is 0 Å². The minimum absolute atomic E-state index is 0.0247. The first kappa shape index (κ1) is 17.6. The summed E-state index contributed by atoms with van der Waals surface area (Å²) >= 11 is 0. The number of hydrogen-bond donors (Lipinski definition) is 0. The third-order valence-corrected chi connectivity index (χ3v) is 5.03. The molecular weight excluding hydrogens is 313 g/mol. The van der Waals surface area contributed by atoms with Crippen LogP contribution >= 0.6 is 0 Å². The number of carbonyl (C=O) groups is 1. The minimum atomic E-state index is -0.268. The maximum Gasteiger partial charge on any atom is 0.225 e. The van der Waals surface area contributed by atoms with Crippen molar-refractivity contribution in [1.29, 1.82) is 0 Å². The van der Waals surface area contributed by atoms with Crippen molar-refractivity contribution in [1.82, 2.24) is 4.90 Å². The topological polar surface area (TPSA) is 20.3 Å². The van der Waals surface area contributed by atoms with Gasteiger partial charge in [-0.3, -0.25) is 4.79 Å². The Balaban J connectivity index is 1.84. The third-order valence-electron chi connectivity index (χ3n) is 5.03. The minimum Gasteiger partial charge on any atom is -0.338 e. The fraction of sp³-hybridized carbons (Fsp3) is 0.500. The average Bonchev–Trinajstić information content (AvgIpc) is 3.34. The van der Waals surface area contributed by atoms with Gasteiger partial charge in [-0.25, -0.2) is 4.39 Å². The van der Waals surface area contributed by atoms with E-state index in [-0.39, 0.29) is 29.6 Å². The van der Waals surface area contributed by atoms with E-state index in [2.05, 4.69) is 17.8 Å². The molecule has 1 saturated carbocycles. The van der Waals surface area contributed by atoms with E-state index in [9.17, 15) is 9.18 Å². The number of halogens is 1. The van der Waals surface area contributed by atoms with Crippen molar-refractivity contribution in [3.63, 3.8) is 0 Å². The zero-order valence-electron chi connectivity index (χ0n) is 14.9. The Hall–Kier alpha value is -2.26. The molecule has 1 amide bonds. The van der Waals surface area contributed by atoms with E-state index >= 15 is 0 Å². The molecule has 0 radical (unpaired) electrons. The fourth-order valence-electron chi connectivity index (χ4n) is 3.37. The van der Waals surface area contributed by atoms with Crippen molar-refractivity contribution in [2.45, 2.75) is 45.6 Å². The fourth-order valence-corrected chi connectivity index (χ4v) is 3.37. The van der Waals surface area contributed by atoms with Crippen molar-refractivity contribution in [2.75, 3.05) is 6.54 Å². The van der Waals surface area contributed by atoms with E-state index in [0.29, 0.717) is 30.0 Å². The molecule has 3 heteroatoms. The normalized spacial score (nSPS) is 22.4. The molecular formula is C22H24FNO. The monoisotopic (exact) mass is 337 g/mol. The van der Waals surface area contributed by atoms with Crippen LogP contribution < -0.4 is 0 Å². The van der Waals surface area contributed by atoms with Gasteiger partial charge in [0.1, 0.15) is 5.82 Å². The zero-order valence-corrected chi connectivity index (χ0v) is 14.9. The van der Waals surface area contributed by atoms with Gasteiger partial charge in [0.05, 0.1) is 5.56 Å². The quantitative estimate of drug-likeness (QED) is 0.771. The van der Waals surface area contributed by atoms with Gasteiger partial charge in [-0.15, -0.1) is 12.3 Å². The van der Waals surface area contributed by atoms with Gasteiger partial charge in [0.25, 0.3) is 0 Å². The molecule has 1 saturated heterocycles. The summed E-state index contributed by atoms with van der Waals surface area (Å²) in [7, 11) is 0. The molecule has 2 fully saturated rings. The molecule has 2 unspecified atom stereocenters. The standard InChI is InChI=1S/C22H24FNO/c1-4-17-12-13-24(22(25)15(2)3)20(17)14-19-7-5-6-18(21(19)23)11-10-16-8-9-16/h1,5-7,15-17,20H,8-9,12-14H2,2-3H3. The number of rotatable bonds is 3. The lowest BCUT2D eigenvalue weighted by Gasteiger charge is -2.28. The first-order chi connectivity index (χ1) is 12.0. The molecule has 1 heterocycles. The predicted octanol–water partition coefficient (Wildman–Crippen LogP) is 3.64. The van der Waals surface area contributed by atoms with Crippen LogP contribution in [0.4, 0.5) is 4.39 Å². The molecule has 0 spiro atoms. The second-order valence-electron chi connectivity index (χ2n) is 7.34. The second-order valence-corrected chi connectivity index (χ2v) is 7.34. The first-order valence-electron chi connectivity index (χ1n) is 9.06. The third kappa shape index (κ3) is 3.88. The van der Waals surface area contributed by atoms with Crippen LogP contribution in [0.1, 0.15) is 44.2 Å². The molecule has 0 bridgehead atoms. The summed E-state index contributed by atoms with van der Waals surface area (Å²) in [4.78, 5) is 14.3. The molecule has 130 valence electrons. The molecule has 0 aromatic heterocycles. The molecule has 1 aromatic rings. The molecule has 0 N–H and O–H groups in total. The van der Waals surface area contributed by atoms with Crippen LogP contribution in [0.2, 0.25) is 0 Å². The summed E-state index contributed by atoms with van der Waals surface area (Å²) in [6, 6.07) is 5.20. The number of likely N-dealkylation sites (tertiary alicyclic amines) is 1. The van der Waals surface area contributed by atoms with Crippen LogP contribution in [0.15, 0.2) is 18.2 Å². The Morgan fingerprint density at radius 2 is 2.12 bits per heavy atom. The Bertz CT molecular complexity index is 760. The maximum atomic E-state index is 14.9. The van der Waals surface area contributed by atoms with Crippen LogP contribution in [0.5, 0.6) is 0 Å². The van der Waals surface area contributed by atoms with Crippen molar-refractivity contribution < 1.29 is 9.18 Å². The van der Waals surface area contributed by atoms with Gasteiger partial charge in [0.2, 0.25) is 5.91 Å². The zero-order chi connectivity index (χ0) is 18.0. The molecule has 2 aliphatic rings. The SMILES string of the molecule is C#CC1CCN(C(=O)C(C)C)C1Cc1cccc(C#CC2CC2)c1F. The van der Waals surface area contributed by atoms with Crippen LogP contribution in [0, 0.1) is 47.8 Å². The predicted molar refractivity (Wildman–Crippen MR) is 97.0 cm³/mol. The van der Waals surface area contributed by atoms with Crippen LogP contribution in [-0.4, -0.2) is 23.4 Å². The van der Waals surface area contributed by atoms with Gasteiger partial charge in [0.15, 0.2) is 0 Å². The highest BCUT2D eigenvalue weighted by atomic mass is 19.1. The number of carbonyl (C=O) groups excluding carboxylic acids is 1. The molecule has 2 atom stereocenters. The molecule has 2 nitrogen and oxygen atoms in total. The van der Waals surface area contributed by atoms with E-state index in [0.717, 1.165) is 19.3 Å². The van der Waals surface area contributed by atoms with Crippen LogP contribution in [0.3, 0.4) is 0 Å². The molecule has 1 aliphatic carbocycles. The lowest BCUT2D eigenvalue weighted by atomic mass is 9.93. The summed E-state index contributed by atoms with van der Waals surface area (Å²) in [5.74, 6) is 9.02. The highest BCUT2D eigenvalue weighted by Gasteiger charge is 2.37. The molecule has 1 aromatic carbocycles. The Kier molecular flexibility index (Phi) is 5.14. The van der Waals surface area contributed by atoms with Crippen molar-refractivity contribution in [3.8, 4) is 24.2 Å². The number of hydrogen-bond acceptors (Lipinski definition) is 1. The van der Waals surface area contributed by atoms with Crippen LogP contribution in [-0.2, 0) is 11.2 Å². The molecule has 3 rings (SSSR count). The Labute approximate surface area is 149 Å². The lowest BCUT2D eigenvalue weighted by Crippen LogP contribution is -2.41. The van der Waals surface area contributed by atoms with E-state index in [1.807, 2.05) is 24.8 Å². The van der Waals surface area contributed by atoms with E-state index in [1.54, 1.807) is 12.1 Å². The van der Waals surface area contributed by atoms with Crippen molar-refractivity contribution >= 4 is 5.91 Å². The van der Waals surface area contributed by atoms with Gasteiger partial charge in [-0.1, -0.05) is 37.8 Å². The van der Waals surface area contributed by atoms with E-state index in [4.69, 9.17) is 6.42 Å². The van der Waals surface area contributed by atoms with E-state index in [1.165, 1.54) is 0 Å². The van der Waals surface area contributed by atoms with E-state index < -0.39 is 0 Å². The summed E-state index contributed by atoms with van der Waals surface area (Å²) in [5, 5.41) is 0. The van der Waals surface area contributed by atoms with Gasteiger partial charge >= 0.3 is 0 Å². The lowest BCUT2D eigenvalue weighted by molar-refractivity contribution is -0.135. The average molecular weight is 337 g/mol. The molecule has 1 aliphatic heterocycles. The highest BCUT2D eigenvalue weighted by Crippen LogP contribution is 2.30. The molecule has 25 heavy (non-hydrogen) atoms. The van der Waals surface area contributed by atoms with Crippen molar-refractivity contribution in [2.24, 2.45) is 17.8 Å². The Morgan fingerprint density at radius 1 is 1.36 bits per heavy atom. The summed E-state index contributed by atoms with van der Waals surface area (Å²) in [6.45, 7) is 4.42. The van der Waals surface area contributed by atoms with Gasteiger partial charge in [-0.05, 0) is 37.3 Å². The number of terminal acetylenes is 1. The smallest absolute Gasteiger partial charge is 0.225 e. The number of amides is 1. The van der Waals surface area contributed by atoms with Gasteiger partial charge in [-0.2, -0.15) is 0 Å². The summed E-state index contributed by atoms with van der Waals surface area (Å²) in [5.41, 5.74) is 1.04. The highest BCUT2D eigenvalue weighted by molar-refractivity contribution is 5.79. The number of nitrogens with zero attached hydrogens (tertiary/aromatic N) is 1. The van der Waals surface area contributed by atoms with Gasteiger partial charge in [0, 0.05) is 30.3 Å². The van der Waals surface area contributed by atoms with Gasteiger partial charge < -0.3 is 4.90 Å². The maximum absolute atomic E-state index is 14.9. The summed E-state index contributed by atoms with van der Waals surface area (Å²) in [6.07, 6.45) is 9.13. The Morgan fingerprint density at radius 3 is 2.76 bits per heavy atom. The van der Waals surface area contributed by atoms with Crippen molar-refractivity contribution in [3.05, 3.63) is 35.1 Å². The summed E-state index contributed by atoms with van der Waals surface area (Å²) < 4.78 is 14.9. The first-order valence-corrected chi connectivity index (χ1v) is 9.06.